The van der Waals surface area contributed by atoms with E-state index in [-0.39, 0.29) is 5.91 Å². The molecule has 1 saturated heterocycles. The number of carbonyl (C=O) groups excluding carboxylic acids is 1. The number of carbonyl (C=O) groups is 1. The van der Waals surface area contributed by atoms with Crippen molar-refractivity contribution in [3.05, 3.63) is 45.4 Å². The topological polar surface area (TPSA) is 36.4 Å². The molecule has 0 N–H and O–H groups in total. The number of rotatable bonds is 7. The summed E-state index contributed by atoms with van der Waals surface area (Å²) in [6.45, 7) is 6.99. The van der Waals surface area contributed by atoms with Crippen molar-refractivity contribution in [3.63, 3.8) is 0 Å². The minimum Gasteiger partial charge on any atom is -0.371 e. The van der Waals surface area contributed by atoms with E-state index in [0.717, 1.165) is 47.9 Å². The van der Waals surface area contributed by atoms with Crippen LogP contribution in [0.25, 0.3) is 0 Å². The smallest absolute Gasteiger partial charge is 0.265 e. The van der Waals surface area contributed by atoms with Crippen LogP contribution in [-0.4, -0.2) is 35.9 Å². The van der Waals surface area contributed by atoms with Gasteiger partial charge in [0, 0.05) is 32.4 Å². The zero-order chi connectivity index (χ0) is 18.5. The Morgan fingerprint density at radius 2 is 2.00 bits per heavy atom. The number of anilines is 1. The average Bonchev–Trinajstić information content (AvgIpc) is 3.29. The van der Waals surface area contributed by atoms with Crippen LogP contribution >= 0.6 is 11.3 Å². The second-order valence-corrected chi connectivity index (χ2v) is 8.19. The summed E-state index contributed by atoms with van der Waals surface area (Å²) in [6, 6.07) is 8.48. The maximum absolute atomic E-state index is 13.0. The lowest BCUT2D eigenvalue weighted by Crippen LogP contribution is -2.28. The van der Waals surface area contributed by atoms with E-state index in [2.05, 4.69) is 41.1 Å². The summed E-state index contributed by atoms with van der Waals surface area (Å²) in [7, 11) is 1.90. The third-order valence-electron chi connectivity index (χ3n) is 4.97. The van der Waals surface area contributed by atoms with Gasteiger partial charge in [0.2, 0.25) is 0 Å². The lowest BCUT2D eigenvalue weighted by atomic mass is 10.1. The summed E-state index contributed by atoms with van der Waals surface area (Å²) < 4.78 is 0. The van der Waals surface area contributed by atoms with Gasteiger partial charge in [-0.1, -0.05) is 31.5 Å². The number of benzene rings is 1. The summed E-state index contributed by atoms with van der Waals surface area (Å²) in [5.74, 6) is 0.0824. The number of hydrogen-bond donors (Lipinski definition) is 0. The van der Waals surface area contributed by atoms with Crippen molar-refractivity contribution >= 4 is 22.9 Å². The Kier molecular flexibility index (Phi) is 6.30. The lowest BCUT2D eigenvalue weighted by molar-refractivity contribution is 0.0789. The Labute approximate surface area is 160 Å². The fraction of sp³-hybridized carbons (Fsp3) is 0.524. The Morgan fingerprint density at radius 1 is 1.27 bits per heavy atom. The molecule has 0 atom stereocenters. The van der Waals surface area contributed by atoms with Gasteiger partial charge < -0.3 is 9.80 Å². The van der Waals surface area contributed by atoms with Crippen LogP contribution in [0.5, 0.6) is 0 Å². The van der Waals surface area contributed by atoms with Crippen LogP contribution in [0.4, 0.5) is 5.69 Å². The van der Waals surface area contributed by atoms with E-state index in [1.165, 1.54) is 24.1 Å². The Morgan fingerprint density at radius 3 is 2.73 bits per heavy atom. The first-order chi connectivity index (χ1) is 12.6. The minimum atomic E-state index is 0.0824. The fourth-order valence-corrected chi connectivity index (χ4v) is 4.60. The third kappa shape index (κ3) is 4.26. The maximum atomic E-state index is 13.0. The van der Waals surface area contributed by atoms with Gasteiger partial charge in [-0.15, -0.1) is 11.3 Å². The van der Waals surface area contributed by atoms with Gasteiger partial charge in [-0.25, -0.2) is 4.98 Å². The Hall–Kier alpha value is -1.88. The molecule has 1 aliphatic rings. The van der Waals surface area contributed by atoms with Crippen molar-refractivity contribution in [3.8, 4) is 0 Å². The molecule has 4 nitrogen and oxygen atoms in total. The van der Waals surface area contributed by atoms with Crippen LogP contribution in [0.1, 0.15) is 58.5 Å². The number of para-hydroxylation sites is 1. The van der Waals surface area contributed by atoms with E-state index in [1.54, 1.807) is 11.3 Å². The number of aromatic nitrogens is 1. The van der Waals surface area contributed by atoms with E-state index in [9.17, 15) is 4.79 Å². The number of unbranched alkanes of at least 4 members (excludes halogenated alkanes) is 1. The first-order valence-corrected chi connectivity index (χ1v) is 10.5. The zero-order valence-corrected chi connectivity index (χ0v) is 16.9. The van der Waals surface area contributed by atoms with Crippen molar-refractivity contribution in [1.82, 2.24) is 9.88 Å². The molecule has 0 radical (unpaired) electrons. The highest BCUT2D eigenvalue weighted by Gasteiger charge is 2.21. The van der Waals surface area contributed by atoms with Gasteiger partial charge in [0.05, 0.1) is 10.7 Å². The molecule has 0 unspecified atom stereocenters. The summed E-state index contributed by atoms with van der Waals surface area (Å²) in [6.07, 6.45) is 5.75. The minimum absolute atomic E-state index is 0.0824. The predicted octanol–water partition coefficient (Wildman–Crippen LogP) is 4.67. The zero-order valence-electron chi connectivity index (χ0n) is 16.1. The van der Waals surface area contributed by atoms with Crippen LogP contribution < -0.4 is 4.90 Å². The molecule has 1 amide bonds. The molecule has 0 aliphatic carbocycles. The molecule has 0 spiro atoms. The molecule has 140 valence electrons. The standard InChI is InChI=1S/C21H29N3OS/c1-4-5-12-19-22-16(2)20(26-19)21(25)23(3)15-17-10-6-7-11-18(17)24-13-8-9-14-24/h6-7,10-11H,4-5,8-9,12-15H2,1-3H3. The molecule has 0 bridgehead atoms. The molecule has 1 aromatic carbocycles. The molecular formula is C21H29N3OS. The number of nitrogens with zero attached hydrogens (tertiary/aromatic N) is 3. The fourth-order valence-electron chi connectivity index (χ4n) is 3.50. The van der Waals surface area contributed by atoms with Crippen LogP contribution in [-0.2, 0) is 13.0 Å². The van der Waals surface area contributed by atoms with Gasteiger partial charge in [-0.3, -0.25) is 4.79 Å². The number of thiazole rings is 1. The summed E-state index contributed by atoms with van der Waals surface area (Å²) >= 11 is 1.56. The van der Waals surface area contributed by atoms with E-state index >= 15 is 0 Å². The van der Waals surface area contributed by atoms with Crippen molar-refractivity contribution < 1.29 is 4.79 Å². The molecule has 0 saturated carbocycles. The average molecular weight is 372 g/mol. The quantitative estimate of drug-likeness (QED) is 0.710. The van der Waals surface area contributed by atoms with Crippen LogP contribution in [0.3, 0.4) is 0 Å². The van der Waals surface area contributed by atoms with Crippen molar-refractivity contribution in [1.29, 1.82) is 0 Å². The number of aryl methyl sites for hydroxylation is 2. The maximum Gasteiger partial charge on any atom is 0.265 e. The molecule has 26 heavy (non-hydrogen) atoms. The molecule has 1 fully saturated rings. The number of hydrogen-bond acceptors (Lipinski definition) is 4. The van der Waals surface area contributed by atoms with Gasteiger partial charge >= 0.3 is 0 Å². The molecule has 3 rings (SSSR count). The molecule has 2 aromatic rings. The highest BCUT2D eigenvalue weighted by atomic mass is 32.1. The van der Waals surface area contributed by atoms with Crippen molar-refractivity contribution in [2.45, 2.75) is 52.5 Å². The van der Waals surface area contributed by atoms with Crippen LogP contribution in [0.2, 0.25) is 0 Å². The number of amides is 1. The van der Waals surface area contributed by atoms with Gasteiger partial charge in [0.1, 0.15) is 4.88 Å². The predicted molar refractivity (Wildman–Crippen MR) is 109 cm³/mol. The van der Waals surface area contributed by atoms with Gasteiger partial charge in [0.15, 0.2) is 0 Å². The van der Waals surface area contributed by atoms with E-state index in [1.807, 2.05) is 18.9 Å². The molecule has 1 aromatic heterocycles. The van der Waals surface area contributed by atoms with Gasteiger partial charge in [0.25, 0.3) is 5.91 Å². The van der Waals surface area contributed by atoms with Gasteiger partial charge in [-0.05, 0) is 44.2 Å². The first-order valence-electron chi connectivity index (χ1n) is 9.64. The van der Waals surface area contributed by atoms with E-state index < -0.39 is 0 Å². The second kappa shape index (κ2) is 8.67. The molecule has 5 heteroatoms. The Balaban J connectivity index is 1.73. The highest BCUT2D eigenvalue weighted by molar-refractivity contribution is 7.13. The molecule has 2 heterocycles. The lowest BCUT2D eigenvalue weighted by Gasteiger charge is -2.24. The summed E-state index contributed by atoms with van der Waals surface area (Å²) in [5.41, 5.74) is 3.36. The largest absolute Gasteiger partial charge is 0.371 e. The third-order valence-corrected chi connectivity index (χ3v) is 6.18. The summed E-state index contributed by atoms with van der Waals surface area (Å²) in [4.78, 5) is 22.6. The normalized spacial score (nSPS) is 14.0. The van der Waals surface area contributed by atoms with E-state index in [0.29, 0.717) is 6.54 Å². The summed E-state index contributed by atoms with van der Waals surface area (Å²) in [5, 5.41) is 1.08. The van der Waals surface area contributed by atoms with Crippen molar-refractivity contribution in [2.24, 2.45) is 0 Å². The second-order valence-electron chi connectivity index (χ2n) is 7.11. The first kappa shape index (κ1) is 18.9. The SMILES string of the molecule is CCCCc1nc(C)c(C(=O)N(C)Cc2ccccc2N2CCCC2)s1. The highest BCUT2D eigenvalue weighted by Crippen LogP contribution is 2.27. The molecule has 1 aliphatic heterocycles. The van der Waals surface area contributed by atoms with Crippen LogP contribution in [0.15, 0.2) is 24.3 Å². The molecular weight excluding hydrogens is 342 g/mol. The van der Waals surface area contributed by atoms with E-state index in [4.69, 9.17) is 0 Å². The Bertz CT molecular complexity index is 749. The van der Waals surface area contributed by atoms with Crippen LogP contribution in [0, 0.1) is 6.92 Å². The monoisotopic (exact) mass is 371 g/mol. The van der Waals surface area contributed by atoms with Crippen molar-refractivity contribution in [2.75, 3.05) is 25.0 Å². The van der Waals surface area contributed by atoms with Gasteiger partial charge in [-0.2, -0.15) is 0 Å².